The maximum absolute atomic E-state index is 3.52. The van der Waals surface area contributed by atoms with Gasteiger partial charge < -0.3 is 4.98 Å². The molecule has 0 bridgehead atoms. The van der Waals surface area contributed by atoms with Gasteiger partial charge in [-0.3, -0.25) is 0 Å². The number of aromatic amines is 1. The van der Waals surface area contributed by atoms with Crippen molar-refractivity contribution < 1.29 is 0 Å². The smallest absolute Gasteiger partial charge is 0.174 e. The van der Waals surface area contributed by atoms with E-state index in [1.807, 2.05) is 6.92 Å². The third kappa shape index (κ3) is 0.407. The van der Waals surface area contributed by atoms with Gasteiger partial charge in [0, 0.05) is 5.69 Å². The number of nitrogens with one attached hydrogen (secondary N) is 1. The SMILES string of the molecule is Cc1[c]n[c][nH]1. The molecule has 1 N–H and O–H groups in total. The van der Waals surface area contributed by atoms with Gasteiger partial charge in [0.2, 0.25) is 0 Å². The van der Waals surface area contributed by atoms with E-state index < -0.39 is 0 Å². The molecular formula is C4H4N2. The molecule has 2 radical (unpaired) electrons. The van der Waals surface area contributed by atoms with Gasteiger partial charge >= 0.3 is 0 Å². The second-order valence-electron chi connectivity index (χ2n) is 1.09. The Morgan fingerprint density at radius 3 is 2.83 bits per heavy atom. The molecule has 1 rings (SSSR count). The highest BCUT2D eigenvalue weighted by molar-refractivity contribution is 4.84. The van der Waals surface area contributed by atoms with Gasteiger partial charge in [-0.25, -0.2) is 4.98 Å². The topological polar surface area (TPSA) is 28.7 Å². The fraction of sp³-hybridized carbons (Fsp3) is 0.250. The Hall–Kier alpha value is -0.790. The first-order valence-electron chi connectivity index (χ1n) is 1.70. The molecule has 0 amide bonds. The van der Waals surface area contributed by atoms with Gasteiger partial charge in [0.1, 0.15) is 6.20 Å². The molecule has 0 aliphatic rings. The molecule has 0 aromatic carbocycles. The summed E-state index contributed by atoms with van der Waals surface area (Å²) in [6.45, 7) is 1.88. The van der Waals surface area contributed by atoms with Crippen molar-refractivity contribution in [2.75, 3.05) is 0 Å². The van der Waals surface area contributed by atoms with Crippen LogP contribution in [0.25, 0.3) is 0 Å². The molecule has 0 saturated carbocycles. The van der Waals surface area contributed by atoms with Gasteiger partial charge in [-0.1, -0.05) is 0 Å². The predicted molar refractivity (Wildman–Crippen MR) is 21.0 cm³/mol. The van der Waals surface area contributed by atoms with Gasteiger partial charge in [-0.2, -0.15) is 0 Å². The summed E-state index contributed by atoms with van der Waals surface area (Å²) in [6.07, 6.45) is 5.14. The number of rotatable bonds is 0. The fourth-order valence-electron chi connectivity index (χ4n) is 0.252. The molecule has 2 heteroatoms. The molecule has 2 nitrogen and oxygen atoms in total. The van der Waals surface area contributed by atoms with E-state index in [0.29, 0.717) is 0 Å². The molecule has 0 aliphatic carbocycles. The van der Waals surface area contributed by atoms with Gasteiger partial charge in [0.05, 0.1) is 0 Å². The summed E-state index contributed by atoms with van der Waals surface area (Å²) in [5, 5.41) is 0. The Bertz CT molecular complexity index is 109. The molecule has 30 valence electrons. The Morgan fingerprint density at radius 2 is 2.67 bits per heavy atom. The third-order valence-electron chi connectivity index (χ3n) is 0.523. The van der Waals surface area contributed by atoms with Crippen molar-refractivity contribution in [1.82, 2.24) is 9.97 Å². The highest BCUT2D eigenvalue weighted by Crippen LogP contribution is 1.78. The lowest BCUT2D eigenvalue weighted by atomic mass is 10.6. The van der Waals surface area contributed by atoms with Crippen LogP contribution in [0.3, 0.4) is 0 Å². The molecular weight excluding hydrogens is 76.1 g/mol. The van der Waals surface area contributed by atoms with Gasteiger partial charge in [-0.05, 0) is 6.92 Å². The van der Waals surface area contributed by atoms with Crippen LogP contribution in [0.1, 0.15) is 5.69 Å². The number of imidazole rings is 1. The van der Waals surface area contributed by atoms with Crippen molar-refractivity contribution in [3.05, 3.63) is 18.2 Å². The first-order valence-corrected chi connectivity index (χ1v) is 1.70. The van der Waals surface area contributed by atoms with Crippen LogP contribution in [0.5, 0.6) is 0 Å². The molecule has 0 aliphatic heterocycles. The zero-order valence-electron chi connectivity index (χ0n) is 3.45. The van der Waals surface area contributed by atoms with Crippen LogP contribution >= 0.6 is 0 Å². The van der Waals surface area contributed by atoms with Crippen molar-refractivity contribution in [2.45, 2.75) is 6.92 Å². The molecule has 0 spiro atoms. The molecule has 0 atom stereocenters. The van der Waals surface area contributed by atoms with Gasteiger partial charge in [0.25, 0.3) is 0 Å². The van der Waals surface area contributed by atoms with Crippen LogP contribution in [0.4, 0.5) is 0 Å². The lowest BCUT2D eigenvalue weighted by Crippen LogP contribution is -1.60. The summed E-state index contributed by atoms with van der Waals surface area (Å²) in [4.78, 5) is 6.22. The molecule has 1 heterocycles. The van der Waals surface area contributed by atoms with Crippen molar-refractivity contribution in [2.24, 2.45) is 0 Å². The van der Waals surface area contributed by atoms with E-state index in [4.69, 9.17) is 0 Å². The first kappa shape index (κ1) is 3.40. The second-order valence-corrected chi connectivity index (χ2v) is 1.09. The van der Waals surface area contributed by atoms with E-state index in [9.17, 15) is 0 Å². The molecule has 0 saturated heterocycles. The fourth-order valence-corrected chi connectivity index (χ4v) is 0.252. The minimum atomic E-state index is 0.926. The number of hydrogen-bond donors (Lipinski definition) is 1. The summed E-state index contributed by atoms with van der Waals surface area (Å²) < 4.78 is 0. The van der Waals surface area contributed by atoms with Crippen LogP contribution in [0.15, 0.2) is 0 Å². The summed E-state index contributed by atoms with van der Waals surface area (Å²) in [5.74, 6) is 0. The van der Waals surface area contributed by atoms with Crippen LogP contribution < -0.4 is 0 Å². The van der Waals surface area contributed by atoms with Crippen molar-refractivity contribution in [3.63, 3.8) is 0 Å². The molecule has 6 heavy (non-hydrogen) atoms. The highest BCUT2D eigenvalue weighted by Gasteiger charge is 1.76. The Morgan fingerprint density at radius 1 is 1.83 bits per heavy atom. The van der Waals surface area contributed by atoms with E-state index >= 15 is 0 Å². The minimum absolute atomic E-state index is 0.926. The Kier molecular flexibility index (Phi) is 0.638. The lowest BCUT2D eigenvalue weighted by molar-refractivity contribution is 1.24. The van der Waals surface area contributed by atoms with Crippen molar-refractivity contribution in [1.29, 1.82) is 0 Å². The van der Waals surface area contributed by atoms with Gasteiger partial charge in [0.15, 0.2) is 6.33 Å². The largest absolute Gasteiger partial charge is 0.339 e. The van der Waals surface area contributed by atoms with E-state index in [1.165, 1.54) is 0 Å². The van der Waals surface area contributed by atoms with Crippen LogP contribution in [0, 0.1) is 19.4 Å². The molecule has 1 aromatic heterocycles. The highest BCUT2D eigenvalue weighted by atomic mass is 14.8. The number of aromatic nitrogens is 2. The van der Waals surface area contributed by atoms with Crippen molar-refractivity contribution in [3.8, 4) is 0 Å². The quantitative estimate of drug-likeness (QED) is 0.477. The van der Waals surface area contributed by atoms with Crippen LogP contribution in [-0.2, 0) is 0 Å². The lowest BCUT2D eigenvalue weighted by Gasteiger charge is -1.65. The Labute approximate surface area is 36.2 Å². The number of H-pyrrole nitrogens is 1. The van der Waals surface area contributed by atoms with Crippen LogP contribution in [0.2, 0.25) is 0 Å². The second kappa shape index (κ2) is 1.12. The van der Waals surface area contributed by atoms with E-state index in [2.05, 4.69) is 22.5 Å². The Balaban J connectivity index is 3.05. The molecule has 1 aromatic rings. The minimum Gasteiger partial charge on any atom is -0.339 e. The van der Waals surface area contributed by atoms with E-state index in [-0.39, 0.29) is 0 Å². The normalized spacial score (nSPS) is 8.83. The summed E-state index contributed by atoms with van der Waals surface area (Å²) in [7, 11) is 0. The number of aryl methyl sites for hydroxylation is 1. The monoisotopic (exact) mass is 80.0 g/mol. The average molecular weight is 80.1 g/mol. The average Bonchev–Trinajstić information content (AvgIpc) is 1.86. The summed E-state index contributed by atoms with van der Waals surface area (Å²) in [6, 6.07) is 0. The summed E-state index contributed by atoms with van der Waals surface area (Å²) in [5.41, 5.74) is 0.926. The standard InChI is InChI=1S/C4H4N2/c1-4-2-5-3-6-4/h1H3,(H,5,6). The molecule has 0 fully saturated rings. The van der Waals surface area contributed by atoms with E-state index in [1.54, 1.807) is 0 Å². The van der Waals surface area contributed by atoms with Gasteiger partial charge in [-0.15, -0.1) is 0 Å². The maximum Gasteiger partial charge on any atom is 0.174 e. The summed E-state index contributed by atoms with van der Waals surface area (Å²) >= 11 is 0. The predicted octanol–water partition coefficient (Wildman–Crippen LogP) is 0.318. The molecule has 0 unspecified atom stereocenters. The zero-order chi connectivity index (χ0) is 4.41. The first-order chi connectivity index (χ1) is 2.89. The van der Waals surface area contributed by atoms with Crippen molar-refractivity contribution >= 4 is 0 Å². The maximum atomic E-state index is 3.52. The number of hydrogen-bond acceptors (Lipinski definition) is 1. The zero-order valence-corrected chi connectivity index (χ0v) is 3.45. The van der Waals surface area contributed by atoms with Crippen LogP contribution in [-0.4, -0.2) is 9.97 Å². The van der Waals surface area contributed by atoms with E-state index in [0.717, 1.165) is 5.69 Å². The third-order valence-corrected chi connectivity index (χ3v) is 0.523. The number of nitrogens with zero attached hydrogens (tertiary/aromatic N) is 1.